The largest absolute Gasteiger partial charge is 0.475 e. The van der Waals surface area contributed by atoms with E-state index in [9.17, 15) is 9.59 Å². The van der Waals surface area contributed by atoms with E-state index in [1.165, 1.54) is 11.0 Å². The number of carbonyl (C=O) groups excluding carboxylic acids is 1. The van der Waals surface area contributed by atoms with E-state index in [2.05, 4.69) is 0 Å². The van der Waals surface area contributed by atoms with Gasteiger partial charge in [0, 0.05) is 14.1 Å². The van der Waals surface area contributed by atoms with Crippen LogP contribution in [0.5, 0.6) is 0 Å². The summed E-state index contributed by atoms with van der Waals surface area (Å²) < 4.78 is 5.15. The summed E-state index contributed by atoms with van der Waals surface area (Å²) in [5.41, 5.74) is 0. The smallest absolute Gasteiger partial charge is 0.371 e. The first-order chi connectivity index (χ1) is 8.43. The summed E-state index contributed by atoms with van der Waals surface area (Å²) in [6, 6.07) is 3.03. The van der Waals surface area contributed by atoms with Gasteiger partial charge in [0.15, 0.2) is 0 Å². The lowest BCUT2D eigenvalue weighted by atomic mass is 10.3. The van der Waals surface area contributed by atoms with Gasteiger partial charge in [0.2, 0.25) is 11.7 Å². The van der Waals surface area contributed by atoms with Crippen LogP contribution in [-0.4, -0.2) is 54.0 Å². The van der Waals surface area contributed by atoms with Gasteiger partial charge in [-0.15, -0.1) is 0 Å². The molecule has 6 nitrogen and oxygen atoms in total. The zero-order valence-corrected chi connectivity index (χ0v) is 10.8. The van der Waals surface area contributed by atoms with Gasteiger partial charge in [0.05, 0.1) is 13.1 Å². The van der Waals surface area contributed by atoms with E-state index in [1.807, 2.05) is 11.8 Å². The van der Waals surface area contributed by atoms with Gasteiger partial charge in [0.25, 0.3) is 0 Å². The van der Waals surface area contributed by atoms with Gasteiger partial charge in [0.1, 0.15) is 5.76 Å². The zero-order valence-electron chi connectivity index (χ0n) is 10.8. The molecule has 0 atom stereocenters. The maximum atomic E-state index is 11.6. The molecule has 0 aliphatic rings. The highest BCUT2D eigenvalue weighted by atomic mass is 16.4. The van der Waals surface area contributed by atoms with Gasteiger partial charge in [-0.2, -0.15) is 0 Å². The van der Waals surface area contributed by atoms with Crippen LogP contribution in [0.15, 0.2) is 16.5 Å². The monoisotopic (exact) mass is 254 g/mol. The van der Waals surface area contributed by atoms with Crippen molar-refractivity contribution in [3.63, 3.8) is 0 Å². The Kier molecular flexibility index (Phi) is 4.91. The van der Waals surface area contributed by atoms with E-state index in [4.69, 9.17) is 9.52 Å². The molecular formula is C12H18N2O4. The van der Waals surface area contributed by atoms with Gasteiger partial charge >= 0.3 is 5.97 Å². The molecule has 0 saturated carbocycles. The Hall–Kier alpha value is -1.82. The molecule has 1 aromatic heterocycles. The molecule has 0 bridgehead atoms. The number of rotatable bonds is 6. The van der Waals surface area contributed by atoms with Crippen LogP contribution in [0.25, 0.3) is 0 Å². The van der Waals surface area contributed by atoms with E-state index >= 15 is 0 Å². The highest BCUT2D eigenvalue weighted by Gasteiger charge is 2.14. The Morgan fingerprint density at radius 2 is 2.00 bits per heavy atom. The molecule has 1 N–H and O–H groups in total. The molecule has 0 unspecified atom stereocenters. The maximum Gasteiger partial charge on any atom is 0.371 e. The molecule has 0 aliphatic carbocycles. The van der Waals surface area contributed by atoms with E-state index in [1.54, 1.807) is 20.2 Å². The van der Waals surface area contributed by atoms with Crippen LogP contribution >= 0.6 is 0 Å². The van der Waals surface area contributed by atoms with Crippen LogP contribution in [0.1, 0.15) is 23.2 Å². The summed E-state index contributed by atoms with van der Waals surface area (Å²) in [6.45, 7) is 3.32. The quantitative estimate of drug-likeness (QED) is 0.816. The van der Waals surface area contributed by atoms with Crippen molar-refractivity contribution >= 4 is 11.9 Å². The van der Waals surface area contributed by atoms with Crippen molar-refractivity contribution in [3.05, 3.63) is 23.7 Å². The number of carboxylic acids is 1. The van der Waals surface area contributed by atoms with Gasteiger partial charge < -0.3 is 14.4 Å². The molecule has 0 spiro atoms. The molecule has 100 valence electrons. The summed E-state index contributed by atoms with van der Waals surface area (Å²) in [5, 5.41) is 8.74. The van der Waals surface area contributed by atoms with Crippen LogP contribution in [0.3, 0.4) is 0 Å². The van der Waals surface area contributed by atoms with E-state index in [0.717, 1.165) is 0 Å². The van der Waals surface area contributed by atoms with Crippen molar-refractivity contribution in [2.24, 2.45) is 0 Å². The number of carboxylic acid groups (broad SMARTS) is 1. The van der Waals surface area contributed by atoms with Crippen molar-refractivity contribution in [1.29, 1.82) is 0 Å². The summed E-state index contributed by atoms with van der Waals surface area (Å²) in [7, 11) is 3.40. The summed E-state index contributed by atoms with van der Waals surface area (Å²) in [6.07, 6.45) is 0. The Balaban J connectivity index is 2.62. The van der Waals surface area contributed by atoms with Crippen molar-refractivity contribution in [1.82, 2.24) is 9.80 Å². The summed E-state index contributed by atoms with van der Waals surface area (Å²) in [5.74, 6) is -0.628. The van der Waals surface area contributed by atoms with Crippen molar-refractivity contribution in [3.8, 4) is 0 Å². The van der Waals surface area contributed by atoms with Crippen LogP contribution in [0, 0.1) is 0 Å². The van der Waals surface area contributed by atoms with Crippen LogP contribution < -0.4 is 0 Å². The van der Waals surface area contributed by atoms with Crippen LogP contribution in [0.2, 0.25) is 0 Å². The molecule has 1 rings (SSSR count). The lowest BCUT2D eigenvalue weighted by molar-refractivity contribution is -0.130. The van der Waals surface area contributed by atoms with Gasteiger partial charge in [-0.25, -0.2) is 4.79 Å². The SMILES string of the molecule is CCN(CC(=O)N(C)C)Cc1ccc(C(=O)O)o1. The summed E-state index contributed by atoms with van der Waals surface area (Å²) >= 11 is 0. The molecule has 0 saturated heterocycles. The minimum atomic E-state index is -1.09. The first kappa shape index (κ1) is 14.2. The fraction of sp³-hybridized carbons (Fsp3) is 0.500. The molecule has 1 heterocycles. The van der Waals surface area contributed by atoms with Crippen molar-refractivity contribution in [2.45, 2.75) is 13.5 Å². The average molecular weight is 254 g/mol. The zero-order chi connectivity index (χ0) is 13.7. The van der Waals surface area contributed by atoms with Crippen LogP contribution in [0.4, 0.5) is 0 Å². The number of furan rings is 1. The normalized spacial score (nSPS) is 10.7. The molecule has 0 fully saturated rings. The second-order valence-electron chi connectivity index (χ2n) is 4.16. The topological polar surface area (TPSA) is 74.0 Å². The lowest BCUT2D eigenvalue weighted by Crippen LogP contribution is -2.36. The number of hydrogen-bond acceptors (Lipinski definition) is 4. The Labute approximate surface area is 106 Å². The Morgan fingerprint density at radius 1 is 1.33 bits per heavy atom. The van der Waals surface area contributed by atoms with Crippen LogP contribution in [-0.2, 0) is 11.3 Å². The van der Waals surface area contributed by atoms with Gasteiger partial charge in [-0.1, -0.05) is 6.92 Å². The number of aromatic carboxylic acids is 1. The van der Waals surface area contributed by atoms with Crippen molar-refractivity contribution < 1.29 is 19.1 Å². The average Bonchev–Trinajstić information content (AvgIpc) is 2.76. The second-order valence-corrected chi connectivity index (χ2v) is 4.16. The number of hydrogen-bond donors (Lipinski definition) is 1. The highest BCUT2D eigenvalue weighted by Crippen LogP contribution is 2.10. The first-order valence-corrected chi connectivity index (χ1v) is 5.68. The number of likely N-dealkylation sites (N-methyl/N-ethyl adjacent to an activating group) is 2. The second kappa shape index (κ2) is 6.20. The predicted molar refractivity (Wildman–Crippen MR) is 65.3 cm³/mol. The van der Waals surface area contributed by atoms with E-state index in [-0.39, 0.29) is 18.2 Å². The van der Waals surface area contributed by atoms with Crippen molar-refractivity contribution in [2.75, 3.05) is 27.2 Å². The molecule has 0 radical (unpaired) electrons. The third kappa shape index (κ3) is 3.89. The maximum absolute atomic E-state index is 11.6. The molecule has 1 amide bonds. The first-order valence-electron chi connectivity index (χ1n) is 5.68. The molecular weight excluding hydrogens is 236 g/mol. The number of carbonyl (C=O) groups is 2. The number of nitrogens with zero attached hydrogens (tertiary/aromatic N) is 2. The minimum absolute atomic E-state index is 0.00173. The van der Waals surface area contributed by atoms with E-state index in [0.29, 0.717) is 18.8 Å². The lowest BCUT2D eigenvalue weighted by Gasteiger charge is -2.20. The van der Waals surface area contributed by atoms with E-state index < -0.39 is 5.97 Å². The molecule has 6 heteroatoms. The Bertz CT molecular complexity index is 425. The fourth-order valence-corrected chi connectivity index (χ4v) is 1.41. The highest BCUT2D eigenvalue weighted by molar-refractivity contribution is 5.84. The number of amides is 1. The molecule has 18 heavy (non-hydrogen) atoms. The molecule has 1 aromatic rings. The molecule has 0 aliphatic heterocycles. The third-order valence-corrected chi connectivity index (χ3v) is 2.56. The summed E-state index contributed by atoms with van der Waals surface area (Å²) in [4.78, 5) is 25.6. The Morgan fingerprint density at radius 3 is 2.44 bits per heavy atom. The third-order valence-electron chi connectivity index (χ3n) is 2.56. The molecule has 0 aromatic carbocycles. The van der Waals surface area contributed by atoms with Gasteiger partial charge in [-0.3, -0.25) is 9.69 Å². The fourth-order valence-electron chi connectivity index (χ4n) is 1.41. The minimum Gasteiger partial charge on any atom is -0.475 e. The standard InChI is InChI=1S/C12H18N2O4/c1-4-14(8-11(15)13(2)3)7-9-5-6-10(18-9)12(16)17/h5-6H,4,7-8H2,1-3H3,(H,16,17). The predicted octanol–water partition coefficient (Wildman–Crippen LogP) is 0.888. The van der Waals surface area contributed by atoms with Gasteiger partial charge in [-0.05, 0) is 18.7 Å².